The lowest BCUT2D eigenvalue weighted by Crippen LogP contribution is -2.40. The van der Waals surface area contributed by atoms with Gasteiger partial charge in [0.1, 0.15) is 0 Å². The van der Waals surface area contributed by atoms with Crippen molar-refractivity contribution in [3.8, 4) is 5.69 Å². The number of nitrogens with zero attached hydrogens (tertiary/aromatic N) is 1. The molecule has 0 aliphatic rings. The summed E-state index contributed by atoms with van der Waals surface area (Å²) in [5.74, 6) is -0.340. The fourth-order valence-corrected chi connectivity index (χ4v) is 4.36. The first-order valence-electron chi connectivity index (χ1n) is 8.87. The summed E-state index contributed by atoms with van der Waals surface area (Å²) in [6.45, 7) is 5.30. The topological polar surface area (TPSA) is 96.0 Å². The molecule has 0 bridgehead atoms. The summed E-state index contributed by atoms with van der Waals surface area (Å²) in [7, 11) is -3.65. The molecule has 29 heavy (non-hydrogen) atoms. The number of nitrogens with one attached hydrogen (secondary N) is 3. The zero-order valence-corrected chi connectivity index (χ0v) is 17.9. The first-order valence-corrected chi connectivity index (χ1v) is 10.8. The van der Waals surface area contributed by atoms with Crippen LogP contribution in [0.2, 0.25) is 0 Å². The van der Waals surface area contributed by atoms with Crippen LogP contribution >= 0.6 is 12.2 Å². The average Bonchev–Trinajstić information content (AvgIpc) is 3.06. The van der Waals surface area contributed by atoms with E-state index in [9.17, 15) is 13.2 Å². The van der Waals surface area contributed by atoms with Crippen LogP contribution in [0.5, 0.6) is 0 Å². The molecule has 0 unspecified atom stereocenters. The van der Waals surface area contributed by atoms with Crippen LogP contribution < -0.4 is 10.0 Å². The maximum absolute atomic E-state index is 12.6. The van der Waals surface area contributed by atoms with E-state index < -0.39 is 15.6 Å². The fraction of sp³-hybridized carbons (Fsp3) is 0.200. The summed E-state index contributed by atoms with van der Waals surface area (Å²) >= 11 is 5.22. The van der Waals surface area contributed by atoms with Crippen LogP contribution in [0.1, 0.15) is 31.1 Å². The molecule has 0 spiro atoms. The monoisotopic (exact) mass is 430 g/mol. The summed E-state index contributed by atoms with van der Waals surface area (Å²) < 4.78 is 29.7. The van der Waals surface area contributed by atoms with Crippen molar-refractivity contribution in [1.29, 1.82) is 0 Å². The van der Waals surface area contributed by atoms with E-state index in [1.165, 1.54) is 24.3 Å². The summed E-state index contributed by atoms with van der Waals surface area (Å²) in [5, 5.41) is 2.81. The van der Waals surface area contributed by atoms with E-state index in [4.69, 9.17) is 12.2 Å². The maximum atomic E-state index is 12.6. The lowest BCUT2D eigenvalue weighted by molar-refractivity contribution is 0.102. The number of hydrogen-bond acceptors (Lipinski definition) is 4. The van der Waals surface area contributed by atoms with E-state index in [0.717, 1.165) is 5.69 Å². The summed E-state index contributed by atoms with van der Waals surface area (Å²) in [5.41, 5.74) is 1.16. The lowest BCUT2D eigenvalue weighted by atomic mass is 10.1. The Morgan fingerprint density at radius 2 is 1.79 bits per heavy atom. The van der Waals surface area contributed by atoms with Crippen molar-refractivity contribution in [1.82, 2.24) is 14.3 Å². The van der Waals surface area contributed by atoms with Gasteiger partial charge in [-0.2, -0.15) is 0 Å². The number of H-pyrrole nitrogens is 1. The summed E-state index contributed by atoms with van der Waals surface area (Å²) in [6, 6.07) is 13.1. The van der Waals surface area contributed by atoms with E-state index in [1.54, 1.807) is 49.9 Å². The van der Waals surface area contributed by atoms with Gasteiger partial charge in [0, 0.05) is 34.9 Å². The van der Waals surface area contributed by atoms with Crippen molar-refractivity contribution in [2.24, 2.45) is 0 Å². The second kappa shape index (κ2) is 7.94. The number of benzene rings is 2. The Bertz CT molecular complexity index is 1190. The van der Waals surface area contributed by atoms with Gasteiger partial charge >= 0.3 is 0 Å². The number of rotatable bonds is 5. The Balaban J connectivity index is 1.77. The van der Waals surface area contributed by atoms with Gasteiger partial charge in [-0.25, -0.2) is 13.1 Å². The molecular formula is C20H22N4O3S2. The standard InChI is InChI=1S/C20H22N4O3S2/c1-20(2,3)23-29(26,27)17-9-7-14(8-10-17)18(25)22-15-5-4-6-16(13-15)24-12-11-21-19(24)28/h4-13,23H,1-3H3,(H,21,28)(H,22,25). The minimum Gasteiger partial charge on any atom is -0.337 e. The van der Waals surface area contributed by atoms with Crippen molar-refractivity contribution >= 4 is 33.8 Å². The maximum Gasteiger partial charge on any atom is 0.255 e. The van der Waals surface area contributed by atoms with Crippen LogP contribution in [0.15, 0.2) is 65.8 Å². The number of imidazole rings is 1. The molecule has 0 saturated carbocycles. The molecule has 152 valence electrons. The number of carbonyl (C=O) groups excluding carboxylic acids is 1. The smallest absolute Gasteiger partial charge is 0.255 e. The quantitative estimate of drug-likeness (QED) is 0.536. The highest BCUT2D eigenvalue weighted by Crippen LogP contribution is 2.18. The van der Waals surface area contributed by atoms with Crippen LogP contribution in [-0.2, 0) is 10.0 Å². The van der Waals surface area contributed by atoms with Gasteiger partial charge in [0.2, 0.25) is 10.0 Å². The summed E-state index contributed by atoms with van der Waals surface area (Å²) in [4.78, 5) is 15.6. The molecule has 3 N–H and O–H groups in total. The van der Waals surface area contributed by atoms with E-state index in [0.29, 0.717) is 16.0 Å². The fourth-order valence-electron chi connectivity index (χ4n) is 2.71. The molecule has 0 atom stereocenters. The first kappa shape index (κ1) is 21.0. The Morgan fingerprint density at radius 3 is 2.38 bits per heavy atom. The Kier molecular flexibility index (Phi) is 5.74. The number of carbonyl (C=O) groups is 1. The van der Waals surface area contributed by atoms with Crippen LogP contribution in [0.3, 0.4) is 0 Å². The predicted molar refractivity (Wildman–Crippen MR) is 115 cm³/mol. The minimum atomic E-state index is -3.65. The molecule has 1 heterocycles. The molecule has 9 heteroatoms. The zero-order chi connectivity index (χ0) is 21.2. The third-order valence-electron chi connectivity index (χ3n) is 3.90. The van der Waals surface area contributed by atoms with Crippen LogP contribution in [0.25, 0.3) is 5.69 Å². The molecule has 1 amide bonds. The number of anilines is 1. The SMILES string of the molecule is CC(C)(C)NS(=O)(=O)c1ccc(C(=O)Nc2cccc(-n3cc[nH]c3=S)c2)cc1. The largest absolute Gasteiger partial charge is 0.337 e. The molecule has 3 aromatic rings. The first-order chi connectivity index (χ1) is 13.5. The number of amides is 1. The molecule has 0 radical (unpaired) electrons. The number of hydrogen-bond donors (Lipinski definition) is 3. The van der Waals surface area contributed by atoms with Crippen molar-refractivity contribution < 1.29 is 13.2 Å². The van der Waals surface area contributed by atoms with Gasteiger partial charge in [-0.15, -0.1) is 0 Å². The van der Waals surface area contributed by atoms with Gasteiger partial charge < -0.3 is 10.3 Å². The average molecular weight is 431 g/mol. The third-order valence-corrected chi connectivity index (χ3v) is 5.99. The van der Waals surface area contributed by atoms with Gasteiger partial charge in [-0.1, -0.05) is 6.07 Å². The van der Waals surface area contributed by atoms with E-state index >= 15 is 0 Å². The Hall–Kier alpha value is -2.75. The van der Waals surface area contributed by atoms with Gasteiger partial charge in [-0.3, -0.25) is 9.36 Å². The van der Waals surface area contributed by atoms with Crippen molar-refractivity contribution in [2.45, 2.75) is 31.2 Å². The highest BCUT2D eigenvalue weighted by Gasteiger charge is 2.22. The van der Waals surface area contributed by atoms with Gasteiger partial charge in [0.15, 0.2) is 4.77 Å². The Morgan fingerprint density at radius 1 is 1.10 bits per heavy atom. The highest BCUT2D eigenvalue weighted by atomic mass is 32.2. The Labute approximate surface area is 174 Å². The van der Waals surface area contributed by atoms with Crippen molar-refractivity contribution in [2.75, 3.05) is 5.32 Å². The van der Waals surface area contributed by atoms with E-state index in [2.05, 4.69) is 15.0 Å². The van der Waals surface area contributed by atoms with Gasteiger partial charge in [0.25, 0.3) is 5.91 Å². The van der Waals surface area contributed by atoms with Crippen molar-refractivity contribution in [3.05, 3.63) is 71.3 Å². The van der Waals surface area contributed by atoms with Crippen LogP contribution in [0, 0.1) is 4.77 Å². The normalized spacial score (nSPS) is 12.0. The molecular weight excluding hydrogens is 408 g/mol. The van der Waals surface area contributed by atoms with Gasteiger partial charge in [0.05, 0.1) is 4.90 Å². The molecule has 0 fully saturated rings. The second-order valence-corrected chi connectivity index (χ2v) is 9.59. The van der Waals surface area contributed by atoms with Crippen molar-refractivity contribution in [3.63, 3.8) is 0 Å². The second-order valence-electron chi connectivity index (χ2n) is 7.52. The van der Waals surface area contributed by atoms with E-state index in [-0.39, 0.29) is 10.8 Å². The van der Waals surface area contributed by atoms with E-state index in [1.807, 2.05) is 12.1 Å². The lowest BCUT2D eigenvalue weighted by Gasteiger charge is -2.20. The zero-order valence-electron chi connectivity index (χ0n) is 16.3. The molecule has 2 aromatic carbocycles. The number of sulfonamides is 1. The minimum absolute atomic E-state index is 0.104. The third kappa shape index (κ3) is 5.20. The van der Waals surface area contributed by atoms with Gasteiger partial charge in [-0.05, 0) is 75.5 Å². The molecule has 7 nitrogen and oxygen atoms in total. The molecule has 0 aliphatic carbocycles. The van der Waals surface area contributed by atoms with Crippen LogP contribution in [-0.4, -0.2) is 29.4 Å². The molecule has 3 rings (SSSR count). The number of aromatic amines is 1. The number of aromatic nitrogens is 2. The molecule has 1 aromatic heterocycles. The molecule has 0 saturated heterocycles. The summed E-state index contributed by atoms with van der Waals surface area (Å²) in [6.07, 6.45) is 3.53. The predicted octanol–water partition coefficient (Wildman–Crippen LogP) is 3.86. The van der Waals surface area contributed by atoms with Crippen LogP contribution in [0.4, 0.5) is 5.69 Å². The highest BCUT2D eigenvalue weighted by molar-refractivity contribution is 7.89. The molecule has 0 aliphatic heterocycles.